The molecule has 3 nitrogen and oxygen atoms in total. The highest BCUT2D eigenvalue weighted by atomic mass is 16.3. The third kappa shape index (κ3) is 4.61. The predicted molar refractivity (Wildman–Crippen MR) is 224 cm³/mol. The molecule has 3 heteroatoms. The molecule has 0 saturated heterocycles. The van der Waals surface area contributed by atoms with Crippen molar-refractivity contribution in [3.05, 3.63) is 181 Å². The molecule has 0 spiro atoms. The SMILES string of the molecule is CC1(C)c2ccccc2-c2c(-c3cc(-c4ccc5oc6ccc7ccc8ccccc8c7c6c5c4)nc(-c4ccc(-c5ccccc5)cc4)n3)cccc21. The summed E-state index contributed by atoms with van der Waals surface area (Å²) in [6.45, 7) is 4.65. The molecule has 2 heterocycles. The summed E-state index contributed by atoms with van der Waals surface area (Å²) in [7, 11) is 0. The molecular weight excluding hydrogens is 657 g/mol. The van der Waals surface area contributed by atoms with Gasteiger partial charge in [-0.3, -0.25) is 0 Å². The van der Waals surface area contributed by atoms with Crippen LogP contribution in [0.25, 0.3) is 99.6 Å². The zero-order valence-corrected chi connectivity index (χ0v) is 30.0. The molecule has 1 aliphatic rings. The van der Waals surface area contributed by atoms with Crippen LogP contribution in [0.5, 0.6) is 0 Å². The lowest BCUT2D eigenvalue weighted by Gasteiger charge is -2.21. The Morgan fingerprint density at radius 2 is 1.07 bits per heavy atom. The van der Waals surface area contributed by atoms with Gasteiger partial charge in [-0.05, 0) is 79.9 Å². The second kappa shape index (κ2) is 11.6. The average Bonchev–Trinajstić information content (AvgIpc) is 3.72. The van der Waals surface area contributed by atoms with E-state index in [1.807, 2.05) is 6.07 Å². The van der Waals surface area contributed by atoms with Crippen LogP contribution in [0.2, 0.25) is 0 Å². The molecule has 0 N–H and O–H groups in total. The van der Waals surface area contributed by atoms with E-state index in [2.05, 4.69) is 178 Å². The molecular formula is C51H34N2O. The van der Waals surface area contributed by atoms with E-state index in [0.717, 1.165) is 55.6 Å². The highest BCUT2D eigenvalue weighted by molar-refractivity contribution is 6.26. The number of furan rings is 1. The maximum Gasteiger partial charge on any atom is 0.160 e. The average molecular weight is 691 g/mol. The number of nitrogens with zero attached hydrogens (tertiary/aromatic N) is 2. The summed E-state index contributed by atoms with van der Waals surface area (Å²) in [5, 5.41) is 7.06. The molecule has 10 aromatic rings. The smallest absolute Gasteiger partial charge is 0.160 e. The van der Waals surface area contributed by atoms with Gasteiger partial charge < -0.3 is 4.42 Å². The summed E-state index contributed by atoms with van der Waals surface area (Å²) in [5.41, 5.74) is 14.0. The van der Waals surface area contributed by atoms with E-state index in [9.17, 15) is 0 Å². The Morgan fingerprint density at radius 3 is 1.96 bits per heavy atom. The molecule has 0 aliphatic heterocycles. The number of rotatable bonds is 4. The zero-order valence-electron chi connectivity index (χ0n) is 30.0. The van der Waals surface area contributed by atoms with E-state index in [0.29, 0.717) is 5.82 Å². The van der Waals surface area contributed by atoms with Crippen LogP contribution < -0.4 is 0 Å². The van der Waals surface area contributed by atoms with Gasteiger partial charge >= 0.3 is 0 Å². The van der Waals surface area contributed by atoms with Gasteiger partial charge in [0.15, 0.2) is 5.82 Å². The normalized spacial score (nSPS) is 13.1. The lowest BCUT2D eigenvalue weighted by atomic mass is 9.82. The van der Waals surface area contributed by atoms with E-state index in [-0.39, 0.29) is 5.41 Å². The first-order valence-electron chi connectivity index (χ1n) is 18.6. The van der Waals surface area contributed by atoms with Crippen molar-refractivity contribution in [3.8, 4) is 56.2 Å². The molecule has 0 amide bonds. The Hall–Kier alpha value is -6.84. The first kappa shape index (κ1) is 30.8. The Kier molecular flexibility index (Phi) is 6.60. The van der Waals surface area contributed by atoms with Crippen molar-refractivity contribution in [2.75, 3.05) is 0 Å². The van der Waals surface area contributed by atoms with Gasteiger partial charge in [0.1, 0.15) is 11.2 Å². The van der Waals surface area contributed by atoms with E-state index in [1.165, 1.54) is 49.4 Å². The molecule has 8 aromatic carbocycles. The van der Waals surface area contributed by atoms with E-state index < -0.39 is 0 Å². The maximum absolute atomic E-state index is 6.50. The molecule has 1 aliphatic carbocycles. The van der Waals surface area contributed by atoms with Crippen molar-refractivity contribution in [1.29, 1.82) is 0 Å². The fourth-order valence-corrected chi connectivity index (χ4v) is 8.80. The topological polar surface area (TPSA) is 38.9 Å². The molecule has 54 heavy (non-hydrogen) atoms. The van der Waals surface area contributed by atoms with Crippen molar-refractivity contribution in [2.24, 2.45) is 0 Å². The fraction of sp³-hybridized carbons (Fsp3) is 0.0588. The van der Waals surface area contributed by atoms with E-state index >= 15 is 0 Å². The third-order valence-corrected chi connectivity index (χ3v) is 11.5. The Bertz CT molecular complexity index is 3120. The zero-order chi connectivity index (χ0) is 36.0. The summed E-state index contributed by atoms with van der Waals surface area (Å²) < 4.78 is 6.50. The van der Waals surface area contributed by atoms with Gasteiger partial charge in [0.25, 0.3) is 0 Å². The Morgan fingerprint density at radius 1 is 0.426 bits per heavy atom. The van der Waals surface area contributed by atoms with Gasteiger partial charge in [-0.2, -0.15) is 0 Å². The summed E-state index contributed by atoms with van der Waals surface area (Å²) in [5.74, 6) is 0.693. The van der Waals surface area contributed by atoms with Crippen LogP contribution in [0.4, 0.5) is 0 Å². The minimum absolute atomic E-state index is 0.117. The number of aromatic nitrogens is 2. The fourth-order valence-electron chi connectivity index (χ4n) is 8.80. The number of benzene rings is 8. The molecule has 11 rings (SSSR count). The molecule has 2 aromatic heterocycles. The van der Waals surface area contributed by atoms with Crippen LogP contribution in [0.1, 0.15) is 25.0 Å². The van der Waals surface area contributed by atoms with Gasteiger partial charge in [0.05, 0.1) is 11.4 Å². The van der Waals surface area contributed by atoms with Gasteiger partial charge in [-0.25, -0.2) is 9.97 Å². The minimum Gasteiger partial charge on any atom is -0.456 e. The van der Waals surface area contributed by atoms with E-state index in [1.54, 1.807) is 0 Å². The number of hydrogen-bond donors (Lipinski definition) is 0. The van der Waals surface area contributed by atoms with Crippen molar-refractivity contribution in [2.45, 2.75) is 19.3 Å². The van der Waals surface area contributed by atoms with Crippen molar-refractivity contribution >= 4 is 43.5 Å². The molecule has 0 fully saturated rings. The lowest BCUT2D eigenvalue weighted by molar-refractivity contribution is 0.660. The minimum atomic E-state index is -0.117. The van der Waals surface area contributed by atoms with Crippen molar-refractivity contribution in [1.82, 2.24) is 9.97 Å². The van der Waals surface area contributed by atoms with Crippen LogP contribution in [0.3, 0.4) is 0 Å². The Balaban J connectivity index is 1.15. The number of hydrogen-bond acceptors (Lipinski definition) is 3. The van der Waals surface area contributed by atoms with E-state index in [4.69, 9.17) is 14.4 Å². The van der Waals surface area contributed by atoms with Gasteiger partial charge in [0, 0.05) is 38.3 Å². The van der Waals surface area contributed by atoms with Crippen LogP contribution in [-0.4, -0.2) is 9.97 Å². The second-order valence-electron chi connectivity index (χ2n) is 14.9. The standard InChI is InChI=1S/C51H34N2O/c1-51(2)41-17-9-8-15-38(41)48-39(16-10-18-42(48)51)44-30-43(52-50(53-44)35-23-19-32(20-24-35)31-11-4-3-5-12-31)36-26-27-45-40(29-36)49-46(54-45)28-25-34-22-21-33-13-6-7-14-37(33)47(34)49/h3-30H,1-2H3. The Labute approximate surface area is 313 Å². The molecule has 0 unspecified atom stereocenters. The summed E-state index contributed by atoms with van der Waals surface area (Å²) in [6, 6.07) is 60.5. The van der Waals surface area contributed by atoms with Crippen molar-refractivity contribution in [3.63, 3.8) is 0 Å². The molecule has 0 bridgehead atoms. The second-order valence-corrected chi connectivity index (χ2v) is 14.9. The maximum atomic E-state index is 6.50. The van der Waals surface area contributed by atoms with Gasteiger partial charge in [0.2, 0.25) is 0 Å². The van der Waals surface area contributed by atoms with Crippen LogP contribution >= 0.6 is 0 Å². The van der Waals surface area contributed by atoms with Gasteiger partial charge in [-0.15, -0.1) is 0 Å². The third-order valence-electron chi connectivity index (χ3n) is 11.5. The summed E-state index contributed by atoms with van der Waals surface area (Å²) in [4.78, 5) is 10.7. The monoisotopic (exact) mass is 690 g/mol. The largest absolute Gasteiger partial charge is 0.456 e. The predicted octanol–water partition coefficient (Wildman–Crippen LogP) is 13.7. The van der Waals surface area contributed by atoms with Crippen LogP contribution in [-0.2, 0) is 5.41 Å². The van der Waals surface area contributed by atoms with Crippen LogP contribution in [0.15, 0.2) is 174 Å². The highest BCUT2D eigenvalue weighted by Crippen LogP contribution is 2.52. The highest BCUT2D eigenvalue weighted by Gasteiger charge is 2.36. The van der Waals surface area contributed by atoms with Crippen LogP contribution in [0, 0.1) is 0 Å². The molecule has 0 saturated carbocycles. The summed E-state index contributed by atoms with van der Waals surface area (Å²) >= 11 is 0. The van der Waals surface area contributed by atoms with Crippen molar-refractivity contribution < 1.29 is 4.42 Å². The number of fused-ring (bicyclic) bond motifs is 10. The summed E-state index contributed by atoms with van der Waals surface area (Å²) in [6.07, 6.45) is 0. The first-order valence-corrected chi connectivity index (χ1v) is 18.6. The van der Waals surface area contributed by atoms with Gasteiger partial charge in [-0.1, -0.05) is 153 Å². The molecule has 254 valence electrons. The molecule has 0 radical (unpaired) electrons. The molecule has 0 atom stereocenters. The first-order chi connectivity index (χ1) is 26.5. The lowest BCUT2D eigenvalue weighted by Crippen LogP contribution is -2.14. The quantitative estimate of drug-likeness (QED) is 0.173.